The van der Waals surface area contributed by atoms with Crippen LogP contribution in [0.2, 0.25) is 0 Å². The van der Waals surface area contributed by atoms with Gasteiger partial charge in [-0.05, 0) is 99.3 Å². The fourth-order valence-corrected chi connectivity index (χ4v) is 10.1. The van der Waals surface area contributed by atoms with Crippen LogP contribution in [0.1, 0.15) is 90.2 Å². The van der Waals surface area contributed by atoms with E-state index in [-0.39, 0.29) is 22.2 Å². The Morgan fingerprint density at radius 1 is 0.900 bits per heavy atom. The second kappa shape index (κ2) is 18.1. The number of alkyl carbamates (subject to hydrolysis) is 1. The molecule has 3 N–H and O–H groups in total. The second-order valence-corrected chi connectivity index (χ2v) is 19.8. The SMILES string of the molecule is CN1/C(=C/C=C/C=C/C2=[N+](CCCCCC(=O)NCCNC(=O)OC[C@H]3[C@@H]4CCC#CCC[C@@H]43)c3ccc(S(=O)(=O)[O-])cc3C2(C)C)C(C)(C)c2cc(S(=O)(=O)O)ccc21. The fraction of sp³-hybridized carbons (Fsp3) is 0.489. The molecule has 0 bridgehead atoms. The Bertz CT molecular complexity index is 2400. The number of nitrogens with one attached hydrogen (secondary N) is 2. The molecule has 322 valence electrons. The highest BCUT2D eigenvalue weighted by Gasteiger charge is 2.49. The normalized spacial score (nSPS) is 22.1. The smallest absolute Gasteiger partial charge is 0.407 e. The first-order valence-corrected chi connectivity index (χ1v) is 23.5. The van der Waals surface area contributed by atoms with Gasteiger partial charge in [0.05, 0.1) is 21.8 Å². The third-order valence-corrected chi connectivity index (χ3v) is 14.1. The summed E-state index contributed by atoms with van der Waals surface area (Å²) < 4.78 is 76.8. The van der Waals surface area contributed by atoms with E-state index in [1.807, 2.05) is 70.0 Å². The first kappa shape index (κ1) is 44.8. The largest absolute Gasteiger partial charge is 0.744 e. The first-order valence-electron chi connectivity index (χ1n) is 20.6. The summed E-state index contributed by atoms with van der Waals surface area (Å²) in [5, 5.41) is 5.57. The number of carbonyl (C=O) groups is 2. The number of rotatable bonds is 16. The molecule has 0 aromatic heterocycles. The number of ether oxygens (including phenoxy) is 1. The van der Waals surface area contributed by atoms with Gasteiger partial charge in [-0.15, -0.1) is 11.8 Å². The summed E-state index contributed by atoms with van der Waals surface area (Å²) in [4.78, 5) is 26.3. The summed E-state index contributed by atoms with van der Waals surface area (Å²) >= 11 is 0. The Morgan fingerprint density at radius 3 is 2.25 bits per heavy atom. The number of allylic oxidation sites excluding steroid dienone is 6. The zero-order chi connectivity index (χ0) is 43.5. The van der Waals surface area contributed by atoms with Crippen molar-refractivity contribution in [2.24, 2.45) is 17.8 Å². The van der Waals surface area contributed by atoms with E-state index in [9.17, 15) is 35.5 Å². The monoisotopic (exact) mass is 860 g/mol. The third-order valence-electron chi connectivity index (χ3n) is 12.4. The minimum absolute atomic E-state index is 0.101. The van der Waals surface area contributed by atoms with Gasteiger partial charge in [0.1, 0.15) is 16.7 Å². The van der Waals surface area contributed by atoms with Gasteiger partial charge in [-0.2, -0.15) is 13.0 Å². The van der Waals surface area contributed by atoms with Gasteiger partial charge in [-0.3, -0.25) is 9.35 Å². The number of unbranched alkanes of at least 4 members (excludes halogenated alkanes) is 2. The van der Waals surface area contributed by atoms with Crippen LogP contribution < -0.4 is 15.5 Å². The summed E-state index contributed by atoms with van der Waals surface area (Å²) in [7, 11) is -7.12. The van der Waals surface area contributed by atoms with Crippen molar-refractivity contribution >= 4 is 49.3 Å². The van der Waals surface area contributed by atoms with Crippen LogP contribution in [0.4, 0.5) is 16.2 Å². The van der Waals surface area contributed by atoms with Gasteiger partial charge in [0.2, 0.25) is 11.6 Å². The molecule has 2 aromatic carbocycles. The molecule has 0 spiro atoms. The van der Waals surface area contributed by atoms with Crippen molar-refractivity contribution < 1.29 is 44.8 Å². The van der Waals surface area contributed by atoms with E-state index < -0.39 is 37.2 Å². The van der Waals surface area contributed by atoms with Gasteiger partial charge in [0.15, 0.2) is 5.71 Å². The van der Waals surface area contributed by atoms with Gasteiger partial charge in [0, 0.05) is 80.3 Å². The maximum absolute atomic E-state index is 12.6. The number of anilines is 1. The molecule has 60 heavy (non-hydrogen) atoms. The Balaban J connectivity index is 1.02. The van der Waals surface area contributed by atoms with E-state index in [0.29, 0.717) is 50.3 Å². The van der Waals surface area contributed by atoms with Crippen LogP contribution in [0.5, 0.6) is 0 Å². The summed E-state index contributed by atoms with van der Waals surface area (Å²) in [5.74, 6) is 7.91. The lowest BCUT2D eigenvalue weighted by molar-refractivity contribution is -0.438. The van der Waals surface area contributed by atoms with Gasteiger partial charge in [-0.1, -0.05) is 32.1 Å². The van der Waals surface area contributed by atoms with Crippen LogP contribution in [0.3, 0.4) is 0 Å². The molecular weight excluding hydrogens is 805 g/mol. The molecular formula is C45H56N4O9S2. The molecule has 2 aromatic rings. The highest BCUT2D eigenvalue weighted by atomic mass is 32.2. The molecule has 2 aliphatic heterocycles. The molecule has 4 aliphatic rings. The van der Waals surface area contributed by atoms with E-state index >= 15 is 0 Å². The van der Waals surface area contributed by atoms with E-state index in [4.69, 9.17) is 4.74 Å². The van der Waals surface area contributed by atoms with Crippen LogP contribution in [-0.4, -0.2) is 81.5 Å². The zero-order valence-electron chi connectivity index (χ0n) is 35.0. The molecule has 2 aliphatic carbocycles. The lowest BCUT2D eigenvalue weighted by Gasteiger charge is -2.23. The van der Waals surface area contributed by atoms with Crippen molar-refractivity contribution in [1.29, 1.82) is 0 Å². The predicted octanol–water partition coefficient (Wildman–Crippen LogP) is 6.48. The van der Waals surface area contributed by atoms with Gasteiger partial charge >= 0.3 is 6.09 Å². The van der Waals surface area contributed by atoms with Crippen molar-refractivity contribution in [2.45, 2.75) is 99.7 Å². The number of carbonyl (C=O) groups excluding carboxylic acids is 2. The quantitative estimate of drug-likeness (QED) is 0.0555. The standard InChI is InChI=1S/C45H56N4O9S2/c1-44(2)36-28-31(59(52,53)54)21-23-38(36)48(5)40(44)18-12-8-13-19-41-45(3,4)37-29-32(60(55,56)57)22-24-39(37)49(41)27-15-9-14-20-42(50)46-25-26-47-43(51)58-30-35-33-16-10-6-7-11-17-34(33)35/h8,12-13,18-19,21-24,28-29,33-35H,9-11,14-17,20,25-27,30H2,1-5H3,(H3-,46,47,50,51,52,53,54,55,56,57)/t33-,34+,35+. The molecule has 1 saturated carbocycles. The molecule has 2 heterocycles. The van der Waals surface area contributed by atoms with Crippen molar-refractivity contribution in [3.05, 3.63) is 83.6 Å². The lowest BCUT2D eigenvalue weighted by Crippen LogP contribution is -2.35. The molecule has 3 atom stereocenters. The molecule has 0 unspecified atom stereocenters. The van der Waals surface area contributed by atoms with Crippen LogP contribution in [0.25, 0.3) is 0 Å². The van der Waals surface area contributed by atoms with E-state index in [1.54, 1.807) is 12.1 Å². The minimum Gasteiger partial charge on any atom is -0.744 e. The highest BCUT2D eigenvalue weighted by molar-refractivity contribution is 7.86. The van der Waals surface area contributed by atoms with E-state index in [0.717, 1.165) is 72.4 Å². The van der Waals surface area contributed by atoms with Gasteiger partial charge in [0.25, 0.3) is 10.1 Å². The number of hydrogen-bond acceptors (Lipinski definition) is 9. The minimum atomic E-state index is -4.67. The summed E-state index contributed by atoms with van der Waals surface area (Å²) in [6, 6.07) is 9.07. The first-order chi connectivity index (χ1) is 28.3. The Hall–Kier alpha value is -4.75. The number of amides is 2. The van der Waals surface area contributed by atoms with Crippen molar-refractivity contribution in [1.82, 2.24) is 10.6 Å². The highest BCUT2D eigenvalue weighted by Crippen LogP contribution is 2.52. The maximum atomic E-state index is 12.6. The van der Waals surface area contributed by atoms with E-state index in [2.05, 4.69) is 27.0 Å². The van der Waals surface area contributed by atoms with Crippen LogP contribution in [-0.2, 0) is 40.6 Å². The number of likely N-dealkylation sites (N-methyl/N-ethyl adjacent to an activating group) is 1. The lowest BCUT2D eigenvalue weighted by atomic mass is 9.81. The zero-order valence-corrected chi connectivity index (χ0v) is 36.6. The second-order valence-electron chi connectivity index (χ2n) is 17.0. The molecule has 15 heteroatoms. The topological polar surface area (TPSA) is 185 Å². The number of nitrogens with zero attached hydrogens (tertiary/aromatic N) is 2. The fourth-order valence-electron chi connectivity index (χ4n) is 9.08. The van der Waals surface area contributed by atoms with Gasteiger partial charge in [-0.25, -0.2) is 13.2 Å². The van der Waals surface area contributed by atoms with Gasteiger partial charge < -0.3 is 24.8 Å². The summed E-state index contributed by atoms with van der Waals surface area (Å²) in [5.41, 5.74) is 3.83. The number of benzene rings is 2. The van der Waals surface area contributed by atoms with Crippen LogP contribution >= 0.6 is 0 Å². The molecule has 1 fully saturated rings. The Labute approximate surface area is 354 Å². The molecule has 2 amide bonds. The van der Waals surface area contributed by atoms with E-state index in [1.165, 1.54) is 24.3 Å². The predicted molar refractivity (Wildman–Crippen MR) is 229 cm³/mol. The third kappa shape index (κ3) is 10.1. The average Bonchev–Trinajstić information content (AvgIpc) is 3.71. The van der Waals surface area contributed by atoms with Crippen molar-refractivity contribution in [2.75, 3.05) is 38.2 Å². The molecule has 0 saturated heterocycles. The maximum Gasteiger partial charge on any atom is 0.407 e. The summed E-state index contributed by atoms with van der Waals surface area (Å²) in [6.45, 7) is 9.55. The van der Waals surface area contributed by atoms with Crippen molar-refractivity contribution in [3.8, 4) is 11.8 Å². The Morgan fingerprint density at radius 2 is 1.57 bits per heavy atom. The summed E-state index contributed by atoms with van der Waals surface area (Å²) in [6.07, 6.45) is 15.6. The average molecular weight is 861 g/mol. The van der Waals surface area contributed by atoms with Crippen LogP contribution in [0.15, 0.2) is 82.3 Å². The number of fused-ring (bicyclic) bond motifs is 3. The Kier molecular flexibility index (Phi) is 13.5. The molecule has 13 nitrogen and oxygen atoms in total. The molecule has 6 rings (SSSR count). The molecule has 0 radical (unpaired) electrons. The van der Waals surface area contributed by atoms with Crippen LogP contribution in [0, 0.1) is 29.6 Å². The van der Waals surface area contributed by atoms with Crippen molar-refractivity contribution in [3.63, 3.8) is 0 Å². The number of hydrogen-bond donors (Lipinski definition) is 3.